The monoisotopic (exact) mass is 1550 g/mol. The van der Waals surface area contributed by atoms with Crippen molar-refractivity contribution in [1.29, 1.82) is 0 Å². The zero-order valence-corrected chi connectivity index (χ0v) is 71.2. The van der Waals surface area contributed by atoms with E-state index in [0.29, 0.717) is 25.7 Å². The number of allylic oxidation sites excluding steroid dienone is 4. The maximum Gasteiger partial charge on any atom is 0.472 e. The van der Waals surface area contributed by atoms with Gasteiger partial charge in [0, 0.05) is 25.7 Å². The molecule has 0 saturated heterocycles. The van der Waals surface area contributed by atoms with Crippen LogP contribution >= 0.6 is 15.6 Å². The van der Waals surface area contributed by atoms with Crippen LogP contribution in [0.3, 0.4) is 0 Å². The molecule has 0 aliphatic carbocycles. The van der Waals surface area contributed by atoms with E-state index in [1.165, 1.54) is 218 Å². The van der Waals surface area contributed by atoms with E-state index in [1.807, 2.05) is 0 Å². The number of carbonyl (C=O) groups is 4. The Morgan fingerprint density at radius 1 is 0.311 bits per heavy atom. The normalized spacial score (nSPS) is 14.5. The number of esters is 4. The number of aliphatic hydroxyl groups excluding tert-OH is 1. The molecule has 4 unspecified atom stereocenters. The summed E-state index contributed by atoms with van der Waals surface area (Å²) in [6.07, 6.45) is 70.3. The third-order valence-electron chi connectivity index (χ3n) is 20.5. The lowest BCUT2D eigenvalue weighted by Gasteiger charge is -2.21. The quantitative estimate of drug-likeness (QED) is 0.0169. The second kappa shape index (κ2) is 76.5. The van der Waals surface area contributed by atoms with Crippen LogP contribution in [0.2, 0.25) is 0 Å². The van der Waals surface area contributed by atoms with Gasteiger partial charge in [-0.25, -0.2) is 9.13 Å². The van der Waals surface area contributed by atoms with Crippen molar-refractivity contribution in [1.82, 2.24) is 0 Å². The van der Waals surface area contributed by atoms with Crippen LogP contribution in [0.5, 0.6) is 0 Å². The molecule has 0 radical (unpaired) electrons. The number of aliphatic hydroxyl groups is 1. The van der Waals surface area contributed by atoms with Gasteiger partial charge >= 0.3 is 39.5 Å². The molecule has 0 aliphatic rings. The summed E-state index contributed by atoms with van der Waals surface area (Å²) >= 11 is 0. The van der Waals surface area contributed by atoms with E-state index in [4.69, 9.17) is 37.0 Å². The summed E-state index contributed by atoms with van der Waals surface area (Å²) in [5.41, 5.74) is 0. The zero-order chi connectivity index (χ0) is 77.9. The molecule has 626 valence electrons. The van der Waals surface area contributed by atoms with Crippen molar-refractivity contribution in [2.24, 2.45) is 17.8 Å². The van der Waals surface area contributed by atoms with Crippen molar-refractivity contribution in [2.45, 2.75) is 452 Å². The maximum atomic E-state index is 13.1. The molecular weight excluding hydrogens is 1380 g/mol. The third kappa shape index (κ3) is 76.9. The largest absolute Gasteiger partial charge is 0.472 e. The Bertz CT molecular complexity index is 2140. The number of phosphoric acid groups is 2. The Balaban J connectivity index is 5.24. The molecule has 3 N–H and O–H groups in total. The van der Waals surface area contributed by atoms with Crippen LogP contribution in [-0.2, 0) is 65.4 Å². The molecule has 0 amide bonds. The van der Waals surface area contributed by atoms with E-state index < -0.39 is 97.5 Å². The van der Waals surface area contributed by atoms with Crippen LogP contribution in [-0.4, -0.2) is 96.7 Å². The van der Waals surface area contributed by atoms with Gasteiger partial charge in [-0.05, 0) is 69.1 Å². The lowest BCUT2D eigenvalue weighted by molar-refractivity contribution is -0.161. The van der Waals surface area contributed by atoms with Gasteiger partial charge in [-0.1, -0.05) is 381 Å². The summed E-state index contributed by atoms with van der Waals surface area (Å²) in [5.74, 6) is 0.271. The minimum Gasteiger partial charge on any atom is -0.462 e. The van der Waals surface area contributed by atoms with Crippen LogP contribution in [0.25, 0.3) is 0 Å². The topological polar surface area (TPSA) is 237 Å². The Morgan fingerprint density at radius 2 is 0.557 bits per heavy atom. The molecular formula is C87H166O17P2. The van der Waals surface area contributed by atoms with E-state index in [1.54, 1.807) is 0 Å². The SMILES string of the molecule is CCCCCC/C=C\C=C/CCCCCCCC(=O)OC[C@H](COP(=O)(O)OC[C@@H](O)COP(=O)(O)OC[C@@H](COC(=O)CCCCCCCCC(C)CC)OC(=O)CCCCCCCCCCCCCCCCCCC(C)C)OC(=O)CCCCCCCCCCCCCCCCCCCCC(C)CC. The zero-order valence-electron chi connectivity index (χ0n) is 69.4. The van der Waals surface area contributed by atoms with Crippen molar-refractivity contribution in [3.8, 4) is 0 Å². The van der Waals surface area contributed by atoms with Gasteiger partial charge < -0.3 is 33.8 Å². The first-order valence-corrected chi connectivity index (χ1v) is 47.2. The second-order valence-corrected chi connectivity index (χ2v) is 34.5. The average molecular weight is 1550 g/mol. The highest BCUT2D eigenvalue weighted by atomic mass is 31.2. The third-order valence-corrected chi connectivity index (χ3v) is 22.4. The van der Waals surface area contributed by atoms with Crippen LogP contribution in [0.15, 0.2) is 24.3 Å². The van der Waals surface area contributed by atoms with Crippen LogP contribution < -0.4 is 0 Å². The summed E-state index contributed by atoms with van der Waals surface area (Å²) in [6.45, 7) is 12.0. The highest BCUT2D eigenvalue weighted by Crippen LogP contribution is 2.45. The van der Waals surface area contributed by atoms with Gasteiger partial charge in [-0.2, -0.15) is 0 Å². The van der Waals surface area contributed by atoms with Crippen LogP contribution in [0.1, 0.15) is 434 Å². The molecule has 17 nitrogen and oxygen atoms in total. The van der Waals surface area contributed by atoms with Crippen molar-refractivity contribution in [3.63, 3.8) is 0 Å². The number of hydrogen-bond donors (Lipinski definition) is 3. The smallest absolute Gasteiger partial charge is 0.462 e. The van der Waals surface area contributed by atoms with E-state index in [0.717, 1.165) is 133 Å². The molecule has 0 aromatic heterocycles. The lowest BCUT2D eigenvalue weighted by Crippen LogP contribution is -2.30. The Hall–Kier alpha value is -2.46. The fourth-order valence-corrected chi connectivity index (χ4v) is 14.5. The van der Waals surface area contributed by atoms with Gasteiger partial charge in [0.25, 0.3) is 0 Å². The number of unbranched alkanes of at least 4 members (excludes halogenated alkanes) is 46. The molecule has 0 fully saturated rings. The molecule has 0 saturated carbocycles. The minimum atomic E-state index is -4.97. The van der Waals surface area contributed by atoms with Crippen molar-refractivity contribution in [3.05, 3.63) is 24.3 Å². The van der Waals surface area contributed by atoms with Crippen molar-refractivity contribution < 1.29 is 80.2 Å². The lowest BCUT2D eigenvalue weighted by atomic mass is 9.99. The van der Waals surface area contributed by atoms with Crippen LogP contribution in [0, 0.1) is 17.8 Å². The van der Waals surface area contributed by atoms with Gasteiger partial charge in [0.05, 0.1) is 26.4 Å². The first-order valence-electron chi connectivity index (χ1n) is 44.2. The standard InChI is InChI=1S/C87H166O17P2/c1-8-11-12-13-14-15-16-17-24-31-36-41-46-54-61-68-84(89)97-74-82(103-86(91)70-63-56-47-42-37-32-27-21-19-18-20-26-30-35-40-45-52-59-66-79(6)9-2)76-101-105(93,94)99-72-81(88)73-100-106(95,96)102-77-83(75-98-85(90)69-62-55-50-49-53-60-67-80(7)10-3)104-87(92)71-64-57-48-43-38-33-28-23-22-25-29-34-39-44-51-58-65-78(4)5/h15-17,24,78-83,88H,8-14,18-23,25-77H2,1-7H3,(H,93,94)(H,95,96)/b16-15-,24-17-/t79?,80?,81-,82-,83-/m1/s1. The Kier molecular flexibility index (Phi) is 74.7. The van der Waals surface area contributed by atoms with Crippen molar-refractivity contribution >= 4 is 39.5 Å². The van der Waals surface area contributed by atoms with Gasteiger partial charge in [0.2, 0.25) is 0 Å². The predicted molar refractivity (Wildman–Crippen MR) is 437 cm³/mol. The summed E-state index contributed by atoms with van der Waals surface area (Å²) in [5, 5.41) is 10.7. The first kappa shape index (κ1) is 104. The second-order valence-electron chi connectivity index (χ2n) is 31.6. The molecule has 0 spiro atoms. The highest BCUT2D eigenvalue weighted by molar-refractivity contribution is 7.47. The van der Waals surface area contributed by atoms with E-state index in [2.05, 4.69) is 72.8 Å². The molecule has 0 heterocycles. The molecule has 106 heavy (non-hydrogen) atoms. The molecule has 7 atom stereocenters. The van der Waals surface area contributed by atoms with E-state index in [9.17, 15) is 43.2 Å². The minimum absolute atomic E-state index is 0.101. The number of carbonyl (C=O) groups excluding carboxylic acids is 4. The van der Waals surface area contributed by atoms with Gasteiger partial charge in [0.1, 0.15) is 19.3 Å². The Morgan fingerprint density at radius 3 is 0.840 bits per heavy atom. The van der Waals surface area contributed by atoms with Crippen molar-refractivity contribution in [2.75, 3.05) is 39.6 Å². The Labute approximate surface area is 650 Å². The molecule has 0 aliphatic heterocycles. The number of rotatable bonds is 83. The first-order chi connectivity index (χ1) is 51.3. The van der Waals surface area contributed by atoms with Gasteiger partial charge in [-0.3, -0.25) is 37.3 Å². The van der Waals surface area contributed by atoms with Gasteiger partial charge in [-0.15, -0.1) is 0 Å². The average Bonchev–Trinajstić information content (AvgIpc) is 0.940. The van der Waals surface area contributed by atoms with Crippen LogP contribution in [0.4, 0.5) is 0 Å². The van der Waals surface area contributed by atoms with E-state index >= 15 is 0 Å². The number of hydrogen-bond acceptors (Lipinski definition) is 15. The van der Waals surface area contributed by atoms with E-state index in [-0.39, 0.29) is 25.7 Å². The number of phosphoric ester groups is 2. The fraction of sp³-hybridized carbons (Fsp3) is 0.908. The summed E-state index contributed by atoms with van der Waals surface area (Å²) < 4.78 is 68.8. The molecule has 0 bridgehead atoms. The highest BCUT2D eigenvalue weighted by Gasteiger charge is 2.30. The molecule has 0 rings (SSSR count). The number of ether oxygens (including phenoxy) is 4. The summed E-state index contributed by atoms with van der Waals surface area (Å²) in [4.78, 5) is 73.2. The summed E-state index contributed by atoms with van der Waals surface area (Å²) in [6, 6.07) is 0. The molecule has 0 aromatic rings. The maximum absolute atomic E-state index is 13.1. The molecule has 0 aromatic carbocycles. The fourth-order valence-electron chi connectivity index (χ4n) is 12.9. The molecule has 19 heteroatoms. The van der Waals surface area contributed by atoms with Gasteiger partial charge in [0.15, 0.2) is 12.2 Å². The predicted octanol–water partition coefficient (Wildman–Crippen LogP) is 26.0. The summed E-state index contributed by atoms with van der Waals surface area (Å²) in [7, 11) is -9.94.